The molecule has 1 saturated carbocycles. The van der Waals surface area contributed by atoms with E-state index in [1.807, 2.05) is 36.1 Å². The van der Waals surface area contributed by atoms with Gasteiger partial charge in [-0.25, -0.2) is 0 Å². The highest BCUT2D eigenvalue weighted by atomic mass is 16.2. The van der Waals surface area contributed by atoms with Crippen molar-refractivity contribution in [2.45, 2.75) is 64.0 Å². The van der Waals surface area contributed by atoms with E-state index in [-0.39, 0.29) is 17.7 Å². The minimum Gasteiger partial charge on any atom is -0.352 e. The lowest BCUT2D eigenvalue weighted by Crippen LogP contribution is -2.52. The van der Waals surface area contributed by atoms with E-state index in [0.717, 1.165) is 56.3 Å². The maximum absolute atomic E-state index is 12.5. The zero-order valence-corrected chi connectivity index (χ0v) is 15.1. The van der Waals surface area contributed by atoms with Crippen LogP contribution in [-0.2, 0) is 16.1 Å². The first-order valence-electron chi connectivity index (χ1n) is 9.43. The summed E-state index contributed by atoms with van der Waals surface area (Å²) >= 11 is 0. The van der Waals surface area contributed by atoms with Gasteiger partial charge < -0.3 is 16.0 Å². The summed E-state index contributed by atoms with van der Waals surface area (Å²) in [4.78, 5) is 26.3. The Bertz CT molecular complexity index is 624. The number of nitrogens with zero attached hydrogens (tertiary/aromatic N) is 1. The third kappa shape index (κ3) is 4.21. The maximum Gasteiger partial charge on any atom is 0.226 e. The van der Waals surface area contributed by atoms with E-state index in [1.165, 1.54) is 0 Å². The van der Waals surface area contributed by atoms with E-state index in [9.17, 15) is 9.59 Å². The van der Waals surface area contributed by atoms with Gasteiger partial charge in [-0.3, -0.25) is 9.59 Å². The summed E-state index contributed by atoms with van der Waals surface area (Å²) in [5.41, 5.74) is 7.89. The molecule has 3 rings (SSSR count). The van der Waals surface area contributed by atoms with Gasteiger partial charge in [0.25, 0.3) is 0 Å². The van der Waals surface area contributed by atoms with E-state index in [4.69, 9.17) is 5.73 Å². The highest BCUT2D eigenvalue weighted by molar-refractivity contribution is 5.93. The first-order valence-corrected chi connectivity index (χ1v) is 9.43. The van der Waals surface area contributed by atoms with Gasteiger partial charge in [-0.1, -0.05) is 25.0 Å². The van der Waals surface area contributed by atoms with Crippen molar-refractivity contribution in [3.63, 3.8) is 0 Å². The van der Waals surface area contributed by atoms with Gasteiger partial charge >= 0.3 is 0 Å². The fourth-order valence-electron chi connectivity index (χ4n) is 3.97. The third-order valence-corrected chi connectivity index (χ3v) is 5.61. The Morgan fingerprint density at radius 1 is 1.24 bits per heavy atom. The Labute approximate surface area is 150 Å². The van der Waals surface area contributed by atoms with Crippen LogP contribution in [0.1, 0.15) is 57.4 Å². The van der Waals surface area contributed by atoms with Gasteiger partial charge in [-0.05, 0) is 50.3 Å². The van der Waals surface area contributed by atoms with Gasteiger partial charge in [-0.2, -0.15) is 0 Å². The number of piperidine rings is 1. The van der Waals surface area contributed by atoms with Crippen LogP contribution in [0.4, 0.5) is 5.69 Å². The van der Waals surface area contributed by atoms with Gasteiger partial charge in [0, 0.05) is 30.7 Å². The molecule has 5 heteroatoms. The molecule has 136 valence electrons. The van der Waals surface area contributed by atoms with Crippen LogP contribution >= 0.6 is 0 Å². The Hall–Kier alpha value is -1.88. The van der Waals surface area contributed by atoms with Crippen molar-refractivity contribution in [3.05, 3.63) is 29.8 Å². The molecule has 0 bridgehead atoms. The van der Waals surface area contributed by atoms with E-state index in [2.05, 4.69) is 5.32 Å². The molecule has 2 unspecified atom stereocenters. The highest BCUT2D eigenvalue weighted by Crippen LogP contribution is 2.31. The molecule has 1 heterocycles. The molecule has 2 aliphatic rings. The number of hydrogen-bond donors (Lipinski definition) is 2. The number of amides is 2. The second-order valence-electron chi connectivity index (χ2n) is 7.69. The van der Waals surface area contributed by atoms with Crippen LogP contribution in [0.2, 0.25) is 0 Å². The molecule has 2 fully saturated rings. The SMILES string of the molecule is CC1(N)CCCCC1C(=O)NCc1ccc(N2CCCCC2=O)cc1. The second kappa shape index (κ2) is 7.56. The predicted octanol–water partition coefficient (Wildman–Crippen LogP) is 2.73. The van der Waals surface area contributed by atoms with Crippen molar-refractivity contribution in [1.29, 1.82) is 0 Å². The average molecular weight is 343 g/mol. The first-order chi connectivity index (χ1) is 12.0. The van der Waals surface area contributed by atoms with Crippen LogP contribution in [0, 0.1) is 5.92 Å². The zero-order chi connectivity index (χ0) is 17.9. The van der Waals surface area contributed by atoms with Gasteiger partial charge in [0.1, 0.15) is 0 Å². The van der Waals surface area contributed by atoms with Crippen LogP contribution in [0.5, 0.6) is 0 Å². The number of carbonyl (C=O) groups excluding carboxylic acids is 2. The molecule has 1 saturated heterocycles. The molecule has 2 amide bonds. The van der Waals surface area contributed by atoms with Crippen LogP contribution < -0.4 is 16.0 Å². The first kappa shape index (κ1) is 17.9. The summed E-state index contributed by atoms with van der Waals surface area (Å²) in [6, 6.07) is 7.91. The number of anilines is 1. The van der Waals surface area contributed by atoms with Crippen molar-refractivity contribution >= 4 is 17.5 Å². The van der Waals surface area contributed by atoms with Crippen molar-refractivity contribution in [2.75, 3.05) is 11.4 Å². The Kier molecular flexibility index (Phi) is 5.42. The largest absolute Gasteiger partial charge is 0.352 e. The van der Waals surface area contributed by atoms with Crippen molar-refractivity contribution in [2.24, 2.45) is 11.7 Å². The van der Waals surface area contributed by atoms with Crippen LogP contribution in [0.3, 0.4) is 0 Å². The number of nitrogens with one attached hydrogen (secondary N) is 1. The fourth-order valence-corrected chi connectivity index (χ4v) is 3.97. The van der Waals surface area contributed by atoms with Crippen molar-refractivity contribution in [1.82, 2.24) is 5.32 Å². The lowest BCUT2D eigenvalue weighted by atomic mass is 9.74. The maximum atomic E-state index is 12.5. The Balaban J connectivity index is 1.56. The fraction of sp³-hybridized carbons (Fsp3) is 0.600. The highest BCUT2D eigenvalue weighted by Gasteiger charge is 2.37. The Morgan fingerprint density at radius 2 is 2.00 bits per heavy atom. The van der Waals surface area contributed by atoms with Crippen LogP contribution in [0.15, 0.2) is 24.3 Å². The Morgan fingerprint density at radius 3 is 2.68 bits per heavy atom. The quantitative estimate of drug-likeness (QED) is 0.882. The summed E-state index contributed by atoms with van der Waals surface area (Å²) in [5.74, 6) is 0.151. The minimum absolute atomic E-state index is 0.0555. The summed E-state index contributed by atoms with van der Waals surface area (Å²) in [6.07, 6.45) is 6.63. The second-order valence-corrected chi connectivity index (χ2v) is 7.69. The van der Waals surface area contributed by atoms with E-state index in [1.54, 1.807) is 0 Å². The lowest BCUT2D eigenvalue weighted by molar-refractivity contribution is -0.128. The molecule has 1 aromatic carbocycles. The predicted molar refractivity (Wildman–Crippen MR) is 99.0 cm³/mol. The zero-order valence-electron chi connectivity index (χ0n) is 15.1. The monoisotopic (exact) mass is 343 g/mol. The van der Waals surface area contributed by atoms with Crippen molar-refractivity contribution in [3.8, 4) is 0 Å². The molecule has 0 radical (unpaired) electrons. The molecule has 1 aliphatic heterocycles. The van der Waals surface area contributed by atoms with Crippen LogP contribution in [-0.4, -0.2) is 23.9 Å². The number of rotatable bonds is 4. The molecule has 25 heavy (non-hydrogen) atoms. The molecule has 1 aliphatic carbocycles. The number of nitrogens with two attached hydrogens (primary N) is 1. The molecular weight excluding hydrogens is 314 g/mol. The van der Waals surface area contributed by atoms with Crippen LogP contribution in [0.25, 0.3) is 0 Å². The molecule has 3 N–H and O–H groups in total. The van der Waals surface area contributed by atoms with E-state index in [0.29, 0.717) is 13.0 Å². The lowest BCUT2D eigenvalue weighted by Gasteiger charge is -2.37. The van der Waals surface area contributed by atoms with Gasteiger partial charge in [0.05, 0.1) is 5.92 Å². The third-order valence-electron chi connectivity index (χ3n) is 5.61. The average Bonchev–Trinajstić information content (AvgIpc) is 2.60. The van der Waals surface area contributed by atoms with Gasteiger partial charge in [0.2, 0.25) is 11.8 Å². The molecule has 2 atom stereocenters. The minimum atomic E-state index is -0.402. The number of hydrogen-bond acceptors (Lipinski definition) is 3. The molecule has 5 nitrogen and oxygen atoms in total. The topological polar surface area (TPSA) is 75.4 Å². The number of carbonyl (C=O) groups is 2. The summed E-state index contributed by atoms with van der Waals surface area (Å²) < 4.78 is 0. The number of benzene rings is 1. The molecule has 0 spiro atoms. The smallest absolute Gasteiger partial charge is 0.226 e. The van der Waals surface area contributed by atoms with Crippen molar-refractivity contribution < 1.29 is 9.59 Å². The molecule has 0 aromatic heterocycles. The summed E-state index contributed by atoms with van der Waals surface area (Å²) in [5, 5.41) is 3.03. The van der Waals surface area contributed by atoms with Gasteiger partial charge in [0.15, 0.2) is 0 Å². The summed E-state index contributed by atoms with van der Waals surface area (Å²) in [6.45, 7) is 3.28. The summed E-state index contributed by atoms with van der Waals surface area (Å²) in [7, 11) is 0. The van der Waals surface area contributed by atoms with E-state index < -0.39 is 5.54 Å². The molecule has 1 aromatic rings. The van der Waals surface area contributed by atoms with Gasteiger partial charge in [-0.15, -0.1) is 0 Å². The standard InChI is InChI=1S/C20H29N3O2/c1-20(21)12-4-2-6-17(20)19(25)22-14-15-8-10-16(11-9-15)23-13-5-3-7-18(23)24/h8-11,17H,2-7,12-14,21H2,1H3,(H,22,25). The van der Waals surface area contributed by atoms with E-state index >= 15 is 0 Å². The molecular formula is C20H29N3O2. The normalized spacial score (nSPS) is 27.2.